The van der Waals surface area contributed by atoms with Gasteiger partial charge in [-0.05, 0) is 44.7 Å². The predicted molar refractivity (Wildman–Crippen MR) is 78.0 cm³/mol. The Morgan fingerprint density at radius 3 is 2.53 bits per heavy atom. The number of carbonyl (C=O) groups is 1. The van der Waals surface area contributed by atoms with E-state index in [0.717, 1.165) is 19.0 Å². The molecule has 2 saturated heterocycles. The molecule has 0 radical (unpaired) electrons. The highest BCUT2D eigenvalue weighted by atomic mass is 16.2. The number of hydrogen-bond acceptors (Lipinski definition) is 3. The molecule has 0 aromatic heterocycles. The highest BCUT2D eigenvalue weighted by Crippen LogP contribution is 2.20. The Kier molecular flexibility index (Phi) is 5.86. The molecular weight excluding hydrogens is 238 g/mol. The molecular formula is C15H27N3O. The Balaban J connectivity index is 1.63. The summed E-state index contributed by atoms with van der Waals surface area (Å²) in [5, 5.41) is 3.08. The lowest BCUT2D eigenvalue weighted by molar-refractivity contribution is -0.131. The van der Waals surface area contributed by atoms with Crippen molar-refractivity contribution in [1.29, 1.82) is 0 Å². The van der Waals surface area contributed by atoms with E-state index < -0.39 is 0 Å². The molecule has 2 heterocycles. The number of nitrogens with one attached hydrogen (secondary N) is 1. The van der Waals surface area contributed by atoms with Gasteiger partial charge in [0.2, 0.25) is 5.91 Å². The minimum absolute atomic E-state index is 0.237. The summed E-state index contributed by atoms with van der Waals surface area (Å²) in [6.07, 6.45) is 6.86. The first kappa shape index (κ1) is 14.5. The van der Waals surface area contributed by atoms with E-state index in [1.807, 2.05) is 4.90 Å². The summed E-state index contributed by atoms with van der Waals surface area (Å²) in [5.41, 5.74) is 0. The third kappa shape index (κ3) is 4.62. The van der Waals surface area contributed by atoms with Crippen LogP contribution in [0.25, 0.3) is 0 Å². The van der Waals surface area contributed by atoms with Gasteiger partial charge < -0.3 is 15.1 Å². The molecule has 0 bridgehead atoms. The van der Waals surface area contributed by atoms with Crippen molar-refractivity contribution in [1.82, 2.24) is 15.1 Å². The van der Waals surface area contributed by atoms with Crippen molar-refractivity contribution >= 4 is 5.91 Å². The first-order chi connectivity index (χ1) is 9.29. The molecule has 19 heavy (non-hydrogen) atoms. The lowest BCUT2D eigenvalue weighted by atomic mass is 9.96. The van der Waals surface area contributed by atoms with E-state index in [1.165, 1.54) is 45.3 Å². The maximum absolute atomic E-state index is 11.9. The summed E-state index contributed by atoms with van der Waals surface area (Å²) >= 11 is 0. The Bertz CT molecular complexity index is 292. The number of likely N-dealkylation sites (tertiary alicyclic amines) is 2. The number of rotatable bonds is 6. The molecule has 0 aromatic rings. The zero-order chi connectivity index (χ0) is 13.5. The van der Waals surface area contributed by atoms with Gasteiger partial charge in [0.15, 0.2) is 0 Å². The van der Waals surface area contributed by atoms with Crippen molar-refractivity contribution in [2.24, 2.45) is 5.92 Å². The fourth-order valence-electron chi connectivity index (χ4n) is 3.09. The molecule has 0 aromatic carbocycles. The SMILES string of the molecule is C=CCNCC(=O)N1CCC(CN2CCCC2)CC1. The molecule has 1 amide bonds. The molecule has 2 aliphatic heterocycles. The molecule has 108 valence electrons. The number of carbonyl (C=O) groups excluding carboxylic acids is 1. The Hall–Kier alpha value is -0.870. The first-order valence-corrected chi connectivity index (χ1v) is 7.61. The lowest BCUT2D eigenvalue weighted by Gasteiger charge is -2.34. The quantitative estimate of drug-likeness (QED) is 0.577. The van der Waals surface area contributed by atoms with Crippen LogP contribution in [-0.4, -0.2) is 61.5 Å². The van der Waals surface area contributed by atoms with Crippen molar-refractivity contribution in [3.05, 3.63) is 12.7 Å². The van der Waals surface area contributed by atoms with Gasteiger partial charge in [0.25, 0.3) is 0 Å². The van der Waals surface area contributed by atoms with E-state index in [1.54, 1.807) is 6.08 Å². The van der Waals surface area contributed by atoms with Gasteiger partial charge in [0, 0.05) is 26.2 Å². The predicted octanol–water partition coefficient (Wildman–Crippen LogP) is 1.10. The molecule has 0 unspecified atom stereocenters. The van der Waals surface area contributed by atoms with Gasteiger partial charge in [-0.1, -0.05) is 6.08 Å². The molecule has 0 atom stereocenters. The largest absolute Gasteiger partial charge is 0.342 e. The topological polar surface area (TPSA) is 35.6 Å². The minimum Gasteiger partial charge on any atom is -0.342 e. The lowest BCUT2D eigenvalue weighted by Crippen LogP contribution is -2.44. The fourth-order valence-corrected chi connectivity index (χ4v) is 3.09. The third-order valence-electron chi connectivity index (χ3n) is 4.25. The monoisotopic (exact) mass is 265 g/mol. The van der Waals surface area contributed by atoms with Crippen molar-refractivity contribution in [3.63, 3.8) is 0 Å². The Morgan fingerprint density at radius 1 is 1.21 bits per heavy atom. The maximum Gasteiger partial charge on any atom is 0.236 e. The van der Waals surface area contributed by atoms with Crippen LogP contribution in [0.2, 0.25) is 0 Å². The molecule has 4 nitrogen and oxygen atoms in total. The normalized spacial score (nSPS) is 21.8. The average Bonchev–Trinajstić information content (AvgIpc) is 2.93. The van der Waals surface area contributed by atoms with E-state index in [4.69, 9.17) is 0 Å². The van der Waals surface area contributed by atoms with E-state index >= 15 is 0 Å². The van der Waals surface area contributed by atoms with E-state index in [2.05, 4.69) is 16.8 Å². The second-order valence-corrected chi connectivity index (χ2v) is 5.75. The van der Waals surface area contributed by atoms with E-state index in [0.29, 0.717) is 13.1 Å². The number of amides is 1. The van der Waals surface area contributed by atoms with Crippen LogP contribution in [0.1, 0.15) is 25.7 Å². The maximum atomic E-state index is 11.9. The van der Waals surface area contributed by atoms with Crippen LogP contribution >= 0.6 is 0 Å². The Morgan fingerprint density at radius 2 is 1.89 bits per heavy atom. The van der Waals surface area contributed by atoms with Crippen LogP contribution in [0.5, 0.6) is 0 Å². The first-order valence-electron chi connectivity index (χ1n) is 7.61. The fraction of sp³-hybridized carbons (Fsp3) is 0.800. The smallest absolute Gasteiger partial charge is 0.236 e. The summed E-state index contributed by atoms with van der Waals surface area (Å²) in [6.45, 7) is 10.5. The second-order valence-electron chi connectivity index (χ2n) is 5.75. The van der Waals surface area contributed by atoms with Crippen LogP contribution in [0.4, 0.5) is 0 Å². The summed E-state index contributed by atoms with van der Waals surface area (Å²) in [6, 6.07) is 0. The van der Waals surface area contributed by atoms with Gasteiger partial charge in [-0.15, -0.1) is 6.58 Å². The molecule has 1 N–H and O–H groups in total. The van der Waals surface area contributed by atoms with Crippen LogP contribution in [0.3, 0.4) is 0 Å². The summed E-state index contributed by atoms with van der Waals surface area (Å²) < 4.78 is 0. The van der Waals surface area contributed by atoms with Crippen LogP contribution in [-0.2, 0) is 4.79 Å². The number of nitrogens with zero attached hydrogens (tertiary/aromatic N) is 2. The standard InChI is InChI=1S/C15H27N3O/c1-2-7-16-12-15(19)18-10-5-14(6-11-18)13-17-8-3-4-9-17/h2,14,16H,1,3-13H2. The Labute approximate surface area is 116 Å². The van der Waals surface area contributed by atoms with Crippen molar-refractivity contribution in [2.45, 2.75) is 25.7 Å². The van der Waals surface area contributed by atoms with Gasteiger partial charge in [-0.2, -0.15) is 0 Å². The molecule has 0 aliphatic carbocycles. The highest BCUT2D eigenvalue weighted by Gasteiger charge is 2.24. The highest BCUT2D eigenvalue weighted by molar-refractivity contribution is 5.78. The summed E-state index contributed by atoms with van der Waals surface area (Å²) in [4.78, 5) is 16.5. The summed E-state index contributed by atoms with van der Waals surface area (Å²) in [5.74, 6) is 1.03. The molecule has 4 heteroatoms. The minimum atomic E-state index is 0.237. The van der Waals surface area contributed by atoms with E-state index in [-0.39, 0.29) is 5.91 Å². The van der Waals surface area contributed by atoms with Crippen molar-refractivity contribution in [3.8, 4) is 0 Å². The molecule has 2 aliphatic rings. The van der Waals surface area contributed by atoms with Gasteiger partial charge >= 0.3 is 0 Å². The van der Waals surface area contributed by atoms with Crippen molar-refractivity contribution in [2.75, 3.05) is 45.8 Å². The number of piperidine rings is 1. The van der Waals surface area contributed by atoms with Gasteiger partial charge in [-0.3, -0.25) is 4.79 Å². The molecule has 0 spiro atoms. The van der Waals surface area contributed by atoms with Crippen LogP contribution in [0, 0.1) is 5.92 Å². The third-order valence-corrected chi connectivity index (χ3v) is 4.25. The number of hydrogen-bond donors (Lipinski definition) is 1. The molecule has 0 saturated carbocycles. The van der Waals surface area contributed by atoms with Gasteiger partial charge in [-0.25, -0.2) is 0 Å². The second kappa shape index (κ2) is 7.65. The average molecular weight is 265 g/mol. The zero-order valence-electron chi connectivity index (χ0n) is 11.9. The van der Waals surface area contributed by atoms with Crippen LogP contribution in [0.15, 0.2) is 12.7 Å². The zero-order valence-corrected chi connectivity index (χ0v) is 11.9. The van der Waals surface area contributed by atoms with Gasteiger partial charge in [0.05, 0.1) is 6.54 Å². The van der Waals surface area contributed by atoms with Gasteiger partial charge in [0.1, 0.15) is 0 Å². The molecule has 2 rings (SSSR count). The van der Waals surface area contributed by atoms with Crippen LogP contribution < -0.4 is 5.32 Å². The molecule has 2 fully saturated rings. The van der Waals surface area contributed by atoms with Crippen molar-refractivity contribution < 1.29 is 4.79 Å². The summed E-state index contributed by atoms with van der Waals surface area (Å²) in [7, 11) is 0. The van der Waals surface area contributed by atoms with E-state index in [9.17, 15) is 4.79 Å².